The van der Waals surface area contributed by atoms with Gasteiger partial charge in [0, 0.05) is 60.9 Å². The summed E-state index contributed by atoms with van der Waals surface area (Å²) >= 11 is 6.17. The molecule has 3 aromatic rings. The van der Waals surface area contributed by atoms with E-state index in [4.69, 9.17) is 16.6 Å². The highest BCUT2D eigenvalue weighted by Gasteiger charge is 2.24. The molecule has 35 heavy (non-hydrogen) atoms. The second-order valence-electron chi connectivity index (χ2n) is 9.49. The first-order valence-electron chi connectivity index (χ1n) is 12.3. The predicted octanol–water partition coefficient (Wildman–Crippen LogP) is 3.91. The summed E-state index contributed by atoms with van der Waals surface area (Å²) in [5.41, 5.74) is 1.79. The van der Waals surface area contributed by atoms with Crippen molar-refractivity contribution in [1.82, 2.24) is 19.6 Å². The summed E-state index contributed by atoms with van der Waals surface area (Å²) in [5.74, 6) is -0.155. The zero-order valence-electron chi connectivity index (χ0n) is 20.0. The largest absolute Gasteiger partial charge is 0.369 e. The van der Waals surface area contributed by atoms with Crippen LogP contribution in [0.2, 0.25) is 5.02 Å². The molecule has 1 aromatic carbocycles. The molecular formula is C26H31ClN6O2. The summed E-state index contributed by atoms with van der Waals surface area (Å²) in [7, 11) is 2.12. The highest BCUT2D eigenvalue weighted by molar-refractivity contribution is 6.30. The highest BCUT2D eigenvalue weighted by Crippen LogP contribution is 2.24. The van der Waals surface area contributed by atoms with Gasteiger partial charge in [-0.25, -0.2) is 4.98 Å². The average molecular weight is 495 g/mol. The molecule has 0 atom stereocenters. The molecule has 2 aromatic heterocycles. The number of hydrogen-bond donors (Lipinski definition) is 2. The second-order valence-corrected chi connectivity index (χ2v) is 9.92. The maximum Gasteiger partial charge on any atom is 0.272 e. The van der Waals surface area contributed by atoms with Gasteiger partial charge in [0.25, 0.3) is 11.5 Å². The molecule has 1 aliphatic heterocycles. The first-order chi connectivity index (χ1) is 17.0. The lowest BCUT2D eigenvalue weighted by Crippen LogP contribution is -2.44. The molecule has 0 spiro atoms. The van der Waals surface area contributed by atoms with Crippen LogP contribution >= 0.6 is 11.6 Å². The molecule has 5 rings (SSSR count). The molecule has 1 amide bonds. The van der Waals surface area contributed by atoms with E-state index < -0.39 is 11.5 Å². The molecule has 0 bridgehead atoms. The van der Waals surface area contributed by atoms with Gasteiger partial charge in [-0.2, -0.15) is 0 Å². The van der Waals surface area contributed by atoms with Crippen LogP contribution in [0, 0.1) is 0 Å². The second kappa shape index (κ2) is 10.3. The third-order valence-corrected chi connectivity index (χ3v) is 7.17. The molecule has 8 nitrogen and oxygen atoms in total. The molecule has 184 valence electrons. The Morgan fingerprint density at radius 3 is 2.57 bits per heavy atom. The van der Waals surface area contributed by atoms with Crippen LogP contribution in [0.1, 0.15) is 42.5 Å². The van der Waals surface area contributed by atoms with E-state index in [0.29, 0.717) is 16.4 Å². The van der Waals surface area contributed by atoms with Crippen molar-refractivity contribution < 1.29 is 4.79 Å². The maximum atomic E-state index is 13.6. The van der Waals surface area contributed by atoms with Crippen molar-refractivity contribution in [3.8, 4) is 0 Å². The molecule has 0 radical (unpaired) electrons. The Hall–Kier alpha value is -3.10. The lowest BCUT2D eigenvalue weighted by molar-refractivity contribution is 0.0926. The van der Waals surface area contributed by atoms with E-state index in [1.807, 2.05) is 24.3 Å². The number of carbonyl (C=O) groups excluding carboxylic acids is 1. The maximum absolute atomic E-state index is 13.6. The molecule has 2 N–H and O–H groups in total. The van der Waals surface area contributed by atoms with Crippen LogP contribution in [0.4, 0.5) is 17.2 Å². The summed E-state index contributed by atoms with van der Waals surface area (Å²) in [6.45, 7) is 3.78. The average Bonchev–Trinajstić information content (AvgIpc) is 2.85. The number of carbonyl (C=O) groups is 1. The number of hydrogen-bond acceptors (Lipinski definition) is 6. The first kappa shape index (κ1) is 23.6. The molecular weight excluding hydrogens is 464 g/mol. The normalized spacial score (nSPS) is 17.5. The lowest BCUT2D eigenvalue weighted by atomic mass is 9.95. The van der Waals surface area contributed by atoms with Gasteiger partial charge < -0.3 is 20.4 Å². The third kappa shape index (κ3) is 5.28. The van der Waals surface area contributed by atoms with Gasteiger partial charge in [-0.15, -0.1) is 0 Å². The van der Waals surface area contributed by atoms with Crippen LogP contribution in [-0.4, -0.2) is 59.5 Å². The standard InChI is InChI=1S/C26H31ClN6O2/c1-31-12-14-32(15-13-31)21-10-11-33-22(17-21)30-24(28-20-9-5-6-18(27)16-20)23(26(33)35)25(34)29-19-7-3-2-4-8-19/h5-6,9-11,16-17,19,28H,2-4,7-8,12-15H2,1H3,(H,29,34). The van der Waals surface area contributed by atoms with Crippen molar-refractivity contribution in [2.24, 2.45) is 0 Å². The number of halogens is 1. The number of aromatic nitrogens is 2. The van der Waals surface area contributed by atoms with Gasteiger partial charge in [-0.1, -0.05) is 36.9 Å². The van der Waals surface area contributed by atoms with E-state index in [9.17, 15) is 9.59 Å². The van der Waals surface area contributed by atoms with E-state index in [2.05, 4.69) is 27.5 Å². The number of nitrogens with zero attached hydrogens (tertiary/aromatic N) is 4. The third-order valence-electron chi connectivity index (χ3n) is 6.94. The predicted molar refractivity (Wildman–Crippen MR) is 140 cm³/mol. The Labute approximate surface area is 209 Å². The Morgan fingerprint density at radius 1 is 1.06 bits per heavy atom. The van der Waals surface area contributed by atoms with Crippen LogP contribution in [0.5, 0.6) is 0 Å². The summed E-state index contributed by atoms with van der Waals surface area (Å²) in [4.78, 5) is 36.3. The Balaban J connectivity index is 1.54. The molecule has 9 heteroatoms. The summed E-state index contributed by atoms with van der Waals surface area (Å²) in [5, 5.41) is 6.81. The van der Waals surface area contributed by atoms with E-state index in [-0.39, 0.29) is 17.4 Å². The minimum Gasteiger partial charge on any atom is -0.369 e. The number of piperazine rings is 1. The van der Waals surface area contributed by atoms with Crippen LogP contribution < -0.4 is 21.1 Å². The smallest absolute Gasteiger partial charge is 0.272 e. The van der Waals surface area contributed by atoms with E-state index >= 15 is 0 Å². The van der Waals surface area contributed by atoms with Crippen molar-refractivity contribution in [3.63, 3.8) is 0 Å². The Kier molecular flexibility index (Phi) is 6.92. The summed E-state index contributed by atoms with van der Waals surface area (Å²) in [6, 6.07) is 11.1. The highest BCUT2D eigenvalue weighted by atomic mass is 35.5. The molecule has 1 saturated heterocycles. The van der Waals surface area contributed by atoms with Gasteiger partial charge in [-0.05, 0) is 44.2 Å². The number of nitrogens with one attached hydrogen (secondary N) is 2. The molecule has 3 heterocycles. The van der Waals surface area contributed by atoms with Gasteiger partial charge in [0.2, 0.25) is 0 Å². The van der Waals surface area contributed by atoms with Crippen LogP contribution in [0.3, 0.4) is 0 Å². The van der Waals surface area contributed by atoms with Crippen molar-refractivity contribution in [3.05, 3.63) is 63.5 Å². The zero-order valence-corrected chi connectivity index (χ0v) is 20.7. The Morgan fingerprint density at radius 2 is 1.83 bits per heavy atom. The van der Waals surface area contributed by atoms with Gasteiger partial charge in [0.15, 0.2) is 5.82 Å². The van der Waals surface area contributed by atoms with Crippen molar-refractivity contribution in [2.75, 3.05) is 43.4 Å². The molecule has 0 unspecified atom stereocenters. The minimum atomic E-state index is -0.392. The van der Waals surface area contributed by atoms with Crippen LogP contribution in [0.15, 0.2) is 47.4 Å². The fourth-order valence-electron chi connectivity index (χ4n) is 4.89. The number of rotatable bonds is 5. The fraction of sp³-hybridized carbons (Fsp3) is 0.423. The number of fused-ring (bicyclic) bond motifs is 1. The minimum absolute atomic E-state index is 0.0143. The van der Waals surface area contributed by atoms with Crippen molar-refractivity contribution in [2.45, 2.75) is 38.1 Å². The molecule has 2 aliphatic rings. The number of likely N-dealkylation sites (N-methyl/N-ethyl adjacent to an activating group) is 1. The summed E-state index contributed by atoms with van der Waals surface area (Å²) < 4.78 is 1.46. The Bertz CT molecular complexity index is 1280. The number of amides is 1. The van der Waals surface area contributed by atoms with Crippen molar-refractivity contribution >= 4 is 40.3 Å². The quantitative estimate of drug-likeness (QED) is 0.559. The molecule has 1 aliphatic carbocycles. The topological polar surface area (TPSA) is 82.0 Å². The summed E-state index contributed by atoms with van der Waals surface area (Å²) in [6.07, 6.45) is 6.94. The van der Waals surface area contributed by atoms with Gasteiger partial charge >= 0.3 is 0 Å². The van der Waals surface area contributed by atoms with Gasteiger partial charge in [-0.3, -0.25) is 14.0 Å². The van der Waals surface area contributed by atoms with Crippen LogP contribution in [0.25, 0.3) is 5.65 Å². The van der Waals surface area contributed by atoms with Gasteiger partial charge in [0.05, 0.1) is 0 Å². The van der Waals surface area contributed by atoms with Crippen LogP contribution in [-0.2, 0) is 0 Å². The lowest BCUT2D eigenvalue weighted by Gasteiger charge is -2.34. The first-order valence-corrected chi connectivity index (χ1v) is 12.7. The fourth-order valence-corrected chi connectivity index (χ4v) is 5.08. The van der Waals surface area contributed by atoms with E-state index in [1.165, 1.54) is 10.8 Å². The van der Waals surface area contributed by atoms with E-state index in [0.717, 1.165) is 57.5 Å². The number of pyridine rings is 1. The number of anilines is 3. The number of benzene rings is 1. The molecule has 1 saturated carbocycles. The zero-order chi connectivity index (χ0) is 24.4. The van der Waals surface area contributed by atoms with Crippen molar-refractivity contribution in [1.29, 1.82) is 0 Å². The SMILES string of the molecule is CN1CCN(c2ccn3c(=O)c(C(=O)NC4CCCCC4)c(Nc4cccc(Cl)c4)nc3c2)CC1. The van der Waals surface area contributed by atoms with E-state index in [1.54, 1.807) is 18.3 Å². The molecule has 2 fully saturated rings. The van der Waals surface area contributed by atoms with Gasteiger partial charge in [0.1, 0.15) is 11.2 Å². The monoisotopic (exact) mass is 494 g/mol.